The summed E-state index contributed by atoms with van der Waals surface area (Å²) in [6, 6.07) is -1.55. The number of phosphoric acid groups is 1. The van der Waals surface area contributed by atoms with Gasteiger partial charge in [-0.05, 0) is 77.0 Å². The fraction of sp³-hybridized carbons (Fsp3) is 0.766. The minimum absolute atomic E-state index is 0.135. The van der Waals surface area contributed by atoms with Crippen LogP contribution < -0.4 is 5.32 Å². The smallest absolute Gasteiger partial charge is 0.472 e. The van der Waals surface area contributed by atoms with Crippen LogP contribution in [0.1, 0.15) is 200 Å². The van der Waals surface area contributed by atoms with Gasteiger partial charge in [-0.2, -0.15) is 0 Å². The minimum Gasteiger partial charge on any atom is -0.480 e. The molecule has 0 bridgehead atoms. The second-order valence-electron chi connectivity index (χ2n) is 15.6. The highest BCUT2D eigenvalue weighted by molar-refractivity contribution is 7.47. The lowest BCUT2D eigenvalue weighted by Gasteiger charge is -2.18. The van der Waals surface area contributed by atoms with Crippen LogP contribution in [0.2, 0.25) is 0 Å². The van der Waals surface area contributed by atoms with Crippen LogP contribution in [0, 0.1) is 0 Å². The largest absolute Gasteiger partial charge is 0.480 e. The average Bonchev–Trinajstić information content (AvgIpc) is 3.21. The number of unbranched alkanes of at least 4 members (excludes halogenated alkanes) is 21. The third-order valence-electron chi connectivity index (χ3n) is 9.84. The first kappa shape index (κ1) is 56.4. The van der Waals surface area contributed by atoms with E-state index in [1.807, 2.05) is 0 Å². The van der Waals surface area contributed by atoms with Crippen molar-refractivity contribution >= 4 is 25.7 Å². The van der Waals surface area contributed by atoms with Gasteiger partial charge in [0, 0.05) is 12.8 Å². The van der Waals surface area contributed by atoms with Gasteiger partial charge in [0.05, 0.1) is 13.2 Å². The standard InChI is InChI=1S/C47H84NO10P/c1-3-5-7-9-11-13-15-17-19-21-23-25-27-29-31-33-35-37-39-46(51)56-40-43(49)41-57-59(54,55)58-42-44(47(52)53)48-45(50)38-36-34-32-30-28-26-24-22-20-18-16-14-12-10-8-6-4-2/h12-15,18-21,43-44,49H,3-11,16-17,22-42H2,1-2H3,(H,48,50)(H,52,53)(H,54,55)/b14-12-,15-13-,20-18-,21-19-. The second kappa shape index (κ2) is 42.1. The van der Waals surface area contributed by atoms with Crippen LogP contribution in [0.25, 0.3) is 0 Å². The molecule has 0 fully saturated rings. The van der Waals surface area contributed by atoms with Crippen molar-refractivity contribution in [1.29, 1.82) is 0 Å². The fourth-order valence-electron chi connectivity index (χ4n) is 6.20. The zero-order chi connectivity index (χ0) is 43.5. The molecule has 0 aliphatic carbocycles. The number of carboxylic acid groups (broad SMARTS) is 1. The van der Waals surface area contributed by atoms with Crippen molar-refractivity contribution in [1.82, 2.24) is 5.32 Å². The molecular formula is C47H84NO10P. The van der Waals surface area contributed by atoms with Gasteiger partial charge in [0.1, 0.15) is 12.7 Å². The first-order chi connectivity index (χ1) is 28.6. The molecule has 0 aromatic heterocycles. The Morgan fingerprint density at radius 2 is 0.932 bits per heavy atom. The van der Waals surface area contributed by atoms with Gasteiger partial charge < -0.3 is 25.2 Å². The number of aliphatic carboxylic acids is 1. The van der Waals surface area contributed by atoms with E-state index in [1.54, 1.807) is 0 Å². The van der Waals surface area contributed by atoms with Crippen molar-refractivity contribution in [2.24, 2.45) is 0 Å². The van der Waals surface area contributed by atoms with E-state index < -0.39 is 57.6 Å². The number of esters is 1. The number of hydrogen-bond donors (Lipinski definition) is 4. The Labute approximate surface area is 358 Å². The van der Waals surface area contributed by atoms with Crippen LogP contribution in [-0.2, 0) is 32.7 Å². The summed E-state index contributed by atoms with van der Waals surface area (Å²) in [5, 5.41) is 21.9. The maximum Gasteiger partial charge on any atom is 0.472 e. The van der Waals surface area contributed by atoms with E-state index in [-0.39, 0.29) is 12.8 Å². The summed E-state index contributed by atoms with van der Waals surface area (Å²) in [6.45, 7) is 2.54. The molecule has 0 aliphatic heterocycles. The Bertz CT molecular complexity index is 1190. The van der Waals surface area contributed by atoms with E-state index in [0.29, 0.717) is 12.8 Å². The lowest BCUT2D eigenvalue weighted by Crippen LogP contribution is -2.43. The van der Waals surface area contributed by atoms with Crippen molar-refractivity contribution in [2.75, 3.05) is 19.8 Å². The zero-order valence-corrected chi connectivity index (χ0v) is 37.9. The van der Waals surface area contributed by atoms with Crippen LogP contribution in [0.15, 0.2) is 48.6 Å². The lowest BCUT2D eigenvalue weighted by atomic mass is 10.1. The number of nitrogens with one attached hydrogen (secondary N) is 1. The van der Waals surface area contributed by atoms with Crippen LogP contribution in [0.5, 0.6) is 0 Å². The predicted molar refractivity (Wildman–Crippen MR) is 240 cm³/mol. The quantitative estimate of drug-likeness (QED) is 0.0200. The highest BCUT2D eigenvalue weighted by Gasteiger charge is 2.28. The number of aliphatic hydroxyl groups excluding tert-OH is 1. The number of hydrogen-bond acceptors (Lipinski definition) is 8. The Hall–Kier alpha value is -2.56. The Balaban J connectivity index is 3.90. The molecule has 0 radical (unpaired) electrons. The molecule has 3 unspecified atom stereocenters. The predicted octanol–water partition coefficient (Wildman–Crippen LogP) is 12.2. The Kier molecular flexibility index (Phi) is 40.3. The summed E-state index contributed by atoms with van der Waals surface area (Å²) in [4.78, 5) is 46.0. The number of allylic oxidation sites excluding steroid dienone is 8. The molecule has 0 heterocycles. The third kappa shape index (κ3) is 41.9. The molecular weight excluding hydrogens is 769 g/mol. The van der Waals surface area contributed by atoms with E-state index in [1.165, 1.54) is 83.5 Å². The van der Waals surface area contributed by atoms with Gasteiger partial charge in [-0.3, -0.25) is 18.6 Å². The second-order valence-corrected chi connectivity index (χ2v) is 17.0. The minimum atomic E-state index is -4.76. The maximum absolute atomic E-state index is 12.3. The molecule has 12 heteroatoms. The normalized spacial score (nSPS) is 14.1. The highest BCUT2D eigenvalue weighted by Crippen LogP contribution is 2.43. The first-order valence-corrected chi connectivity index (χ1v) is 24.7. The van der Waals surface area contributed by atoms with E-state index in [0.717, 1.165) is 77.0 Å². The third-order valence-corrected chi connectivity index (χ3v) is 10.8. The number of carbonyl (C=O) groups excluding carboxylic acids is 2. The molecule has 0 rings (SSSR count). The summed E-state index contributed by atoms with van der Waals surface area (Å²) in [5.74, 6) is -2.39. The number of aliphatic hydroxyl groups is 1. The van der Waals surface area contributed by atoms with E-state index in [9.17, 15) is 34.1 Å². The first-order valence-electron chi connectivity index (χ1n) is 23.2. The summed E-state index contributed by atoms with van der Waals surface area (Å²) in [5.41, 5.74) is 0. The van der Waals surface area contributed by atoms with E-state index in [4.69, 9.17) is 13.8 Å². The summed E-state index contributed by atoms with van der Waals surface area (Å²) >= 11 is 0. The lowest BCUT2D eigenvalue weighted by molar-refractivity contribution is -0.147. The molecule has 0 aromatic carbocycles. The Morgan fingerprint density at radius 1 is 0.542 bits per heavy atom. The van der Waals surface area contributed by atoms with Gasteiger partial charge in [0.2, 0.25) is 5.91 Å². The Morgan fingerprint density at radius 3 is 1.41 bits per heavy atom. The van der Waals surface area contributed by atoms with Gasteiger partial charge in [0.25, 0.3) is 0 Å². The number of carbonyl (C=O) groups is 3. The molecule has 4 N–H and O–H groups in total. The molecule has 342 valence electrons. The van der Waals surface area contributed by atoms with Crippen molar-refractivity contribution in [3.05, 3.63) is 48.6 Å². The van der Waals surface area contributed by atoms with Gasteiger partial charge >= 0.3 is 19.8 Å². The number of phosphoric ester groups is 1. The average molecular weight is 854 g/mol. The van der Waals surface area contributed by atoms with Crippen LogP contribution in [0.4, 0.5) is 0 Å². The maximum atomic E-state index is 12.3. The summed E-state index contributed by atoms with van der Waals surface area (Å²) in [6.07, 6.45) is 46.9. The highest BCUT2D eigenvalue weighted by atomic mass is 31.2. The molecule has 0 aliphatic rings. The van der Waals surface area contributed by atoms with Crippen molar-refractivity contribution < 1.29 is 47.8 Å². The molecule has 0 spiro atoms. The number of carboxylic acids is 1. The van der Waals surface area contributed by atoms with Gasteiger partial charge in [-0.1, -0.05) is 159 Å². The number of rotatable bonds is 43. The van der Waals surface area contributed by atoms with Crippen LogP contribution >= 0.6 is 7.82 Å². The molecule has 0 saturated carbocycles. The van der Waals surface area contributed by atoms with Gasteiger partial charge in [-0.25, -0.2) is 9.36 Å². The zero-order valence-electron chi connectivity index (χ0n) is 37.0. The van der Waals surface area contributed by atoms with Gasteiger partial charge in [0.15, 0.2) is 6.04 Å². The van der Waals surface area contributed by atoms with Crippen LogP contribution in [-0.4, -0.2) is 64.9 Å². The SMILES string of the molecule is CCCCC/C=C\C/C=C\CCCCCCCCCC(=O)NC(COP(=O)(O)OCC(O)COC(=O)CCCCCCCCC/C=C\C/C=C\CCCCCC)C(=O)O. The summed E-state index contributed by atoms with van der Waals surface area (Å²) in [7, 11) is -4.76. The molecule has 0 saturated heterocycles. The molecule has 1 amide bonds. The van der Waals surface area contributed by atoms with Crippen molar-refractivity contribution in [3.8, 4) is 0 Å². The monoisotopic (exact) mass is 854 g/mol. The topological polar surface area (TPSA) is 169 Å². The molecule has 3 atom stereocenters. The fourth-order valence-corrected chi connectivity index (χ4v) is 6.97. The van der Waals surface area contributed by atoms with Gasteiger partial charge in [-0.15, -0.1) is 0 Å². The molecule has 0 aromatic rings. The van der Waals surface area contributed by atoms with Crippen molar-refractivity contribution in [2.45, 2.75) is 212 Å². The van der Waals surface area contributed by atoms with E-state index >= 15 is 0 Å². The molecule has 11 nitrogen and oxygen atoms in total. The summed E-state index contributed by atoms with van der Waals surface area (Å²) < 4.78 is 26.9. The number of amides is 1. The van der Waals surface area contributed by atoms with E-state index in [2.05, 4.69) is 67.8 Å². The van der Waals surface area contributed by atoms with Crippen molar-refractivity contribution in [3.63, 3.8) is 0 Å². The number of ether oxygens (including phenoxy) is 1. The van der Waals surface area contributed by atoms with Crippen LogP contribution in [0.3, 0.4) is 0 Å². The molecule has 59 heavy (non-hydrogen) atoms.